The molecule has 1 unspecified atom stereocenters. The number of amides is 2. The molecule has 1 atom stereocenters. The molecule has 1 saturated heterocycles. The third kappa shape index (κ3) is 3.56. The molecule has 1 saturated carbocycles. The first kappa shape index (κ1) is 17.1. The largest absolute Gasteiger partial charge is 0.481 e. The molecule has 2 rings (SSSR count). The predicted molar refractivity (Wildman–Crippen MR) is 84.3 cm³/mol. The van der Waals surface area contributed by atoms with Crippen molar-refractivity contribution in [3.63, 3.8) is 0 Å². The van der Waals surface area contributed by atoms with E-state index in [9.17, 15) is 19.5 Å². The molecule has 0 aromatic rings. The minimum Gasteiger partial charge on any atom is -0.481 e. The number of nitrogens with zero attached hydrogens (tertiary/aromatic N) is 1. The zero-order valence-corrected chi connectivity index (χ0v) is 13.9. The number of rotatable bonds is 6. The van der Waals surface area contributed by atoms with Gasteiger partial charge in [0.25, 0.3) is 0 Å². The van der Waals surface area contributed by atoms with Crippen molar-refractivity contribution < 1.29 is 19.5 Å². The molecule has 0 spiro atoms. The van der Waals surface area contributed by atoms with E-state index < -0.39 is 17.4 Å². The topological polar surface area (TPSA) is 86.7 Å². The average molecular weight is 328 g/mol. The Labute approximate surface area is 135 Å². The van der Waals surface area contributed by atoms with Crippen LogP contribution in [0.4, 0.5) is 0 Å². The van der Waals surface area contributed by atoms with Gasteiger partial charge in [0, 0.05) is 18.7 Å². The highest BCUT2D eigenvalue weighted by atomic mass is 32.2. The Morgan fingerprint density at radius 2 is 2.05 bits per heavy atom. The molecule has 2 N–H and O–H groups in total. The Hall–Kier alpha value is -1.24. The van der Waals surface area contributed by atoms with Crippen LogP contribution in [0.5, 0.6) is 0 Å². The van der Waals surface area contributed by atoms with Crippen molar-refractivity contribution in [1.29, 1.82) is 0 Å². The fourth-order valence-electron chi connectivity index (χ4n) is 2.79. The van der Waals surface area contributed by atoms with Gasteiger partial charge in [-0.25, -0.2) is 0 Å². The number of carboxylic acid groups (broad SMARTS) is 1. The van der Waals surface area contributed by atoms with Crippen LogP contribution in [0.1, 0.15) is 39.5 Å². The molecule has 124 valence electrons. The molecule has 0 aromatic carbocycles. The van der Waals surface area contributed by atoms with Gasteiger partial charge in [-0.15, -0.1) is 11.8 Å². The van der Waals surface area contributed by atoms with Gasteiger partial charge in [0.15, 0.2) is 0 Å². The highest BCUT2D eigenvalue weighted by molar-refractivity contribution is 7.99. The highest BCUT2D eigenvalue weighted by Crippen LogP contribution is 2.45. The van der Waals surface area contributed by atoms with E-state index in [0.29, 0.717) is 36.9 Å². The summed E-state index contributed by atoms with van der Waals surface area (Å²) in [5.41, 5.74) is -0.900. The van der Waals surface area contributed by atoms with E-state index >= 15 is 0 Å². The average Bonchev–Trinajstić information content (AvgIpc) is 2.88. The molecular weight excluding hydrogens is 304 g/mol. The molecule has 2 amide bonds. The van der Waals surface area contributed by atoms with Gasteiger partial charge in [-0.1, -0.05) is 20.3 Å². The summed E-state index contributed by atoms with van der Waals surface area (Å²) in [6.45, 7) is 4.61. The first-order chi connectivity index (χ1) is 10.4. The van der Waals surface area contributed by atoms with Crippen molar-refractivity contribution in [2.75, 3.05) is 18.2 Å². The maximum atomic E-state index is 12.5. The van der Waals surface area contributed by atoms with Gasteiger partial charge in [-0.2, -0.15) is 0 Å². The maximum Gasteiger partial charge on any atom is 0.310 e. The van der Waals surface area contributed by atoms with Crippen LogP contribution in [0.25, 0.3) is 0 Å². The number of aliphatic carboxylic acids is 1. The summed E-state index contributed by atoms with van der Waals surface area (Å²) in [5.74, 6) is 0.165. The first-order valence-corrected chi connectivity index (χ1v) is 8.89. The van der Waals surface area contributed by atoms with Crippen LogP contribution in [-0.4, -0.2) is 52.0 Å². The van der Waals surface area contributed by atoms with Gasteiger partial charge in [-0.3, -0.25) is 14.4 Å². The summed E-state index contributed by atoms with van der Waals surface area (Å²) in [7, 11) is 0. The molecular formula is C15H24N2O4S. The van der Waals surface area contributed by atoms with Gasteiger partial charge >= 0.3 is 5.97 Å². The van der Waals surface area contributed by atoms with Gasteiger partial charge in [0.05, 0.1) is 11.3 Å². The molecule has 0 aromatic heterocycles. The van der Waals surface area contributed by atoms with Crippen LogP contribution in [0.2, 0.25) is 0 Å². The van der Waals surface area contributed by atoms with Gasteiger partial charge < -0.3 is 15.3 Å². The van der Waals surface area contributed by atoms with Crippen LogP contribution in [0, 0.1) is 11.3 Å². The third-order valence-corrected chi connectivity index (χ3v) is 5.46. The molecule has 0 bridgehead atoms. The van der Waals surface area contributed by atoms with E-state index in [-0.39, 0.29) is 18.2 Å². The van der Waals surface area contributed by atoms with Crippen molar-refractivity contribution in [2.24, 2.45) is 11.3 Å². The Kier molecular flexibility index (Phi) is 5.36. The number of carbonyl (C=O) groups excluding carboxylic acids is 2. The SMILES string of the molecule is CC(C)CNC(=O)C1CSCN1C(=O)CC1(C(=O)O)CCC1. The monoisotopic (exact) mass is 328 g/mol. The molecule has 1 heterocycles. The quantitative estimate of drug-likeness (QED) is 0.767. The molecule has 1 aliphatic heterocycles. The number of nitrogens with one attached hydrogen (secondary N) is 1. The summed E-state index contributed by atoms with van der Waals surface area (Å²) < 4.78 is 0. The number of carboxylic acids is 1. The Bertz CT molecular complexity index is 462. The summed E-state index contributed by atoms with van der Waals surface area (Å²) in [6.07, 6.45) is 1.97. The van der Waals surface area contributed by atoms with Crippen molar-refractivity contribution >= 4 is 29.5 Å². The summed E-state index contributed by atoms with van der Waals surface area (Å²) >= 11 is 1.54. The van der Waals surface area contributed by atoms with Crippen LogP contribution in [-0.2, 0) is 14.4 Å². The number of carbonyl (C=O) groups is 3. The molecule has 7 heteroatoms. The van der Waals surface area contributed by atoms with Crippen LogP contribution < -0.4 is 5.32 Å². The number of hydrogen-bond acceptors (Lipinski definition) is 4. The zero-order valence-electron chi connectivity index (χ0n) is 13.1. The van der Waals surface area contributed by atoms with Gasteiger partial charge in [-0.05, 0) is 18.8 Å². The molecule has 6 nitrogen and oxygen atoms in total. The molecule has 1 aliphatic carbocycles. The normalized spacial score (nSPS) is 23.2. The summed E-state index contributed by atoms with van der Waals surface area (Å²) in [5, 5.41) is 12.2. The lowest BCUT2D eigenvalue weighted by atomic mass is 9.66. The lowest BCUT2D eigenvalue weighted by Gasteiger charge is -2.38. The fraction of sp³-hybridized carbons (Fsp3) is 0.800. The molecule has 2 fully saturated rings. The Morgan fingerprint density at radius 3 is 2.55 bits per heavy atom. The summed E-state index contributed by atoms with van der Waals surface area (Å²) in [4.78, 5) is 37.6. The smallest absolute Gasteiger partial charge is 0.310 e. The lowest BCUT2D eigenvalue weighted by Crippen LogP contribution is -2.50. The van der Waals surface area contributed by atoms with E-state index in [0.717, 1.165) is 6.42 Å². The number of thioether (sulfide) groups is 1. The molecule has 0 radical (unpaired) electrons. The van der Waals surface area contributed by atoms with Crippen molar-refractivity contribution in [2.45, 2.75) is 45.6 Å². The van der Waals surface area contributed by atoms with E-state index in [1.165, 1.54) is 11.8 Å². The van der Waals surface area contributed by atoms with E-state index in [4.69, 9.17) is 0 Å². The fourth-order valence-corrected chi connectivity index (χ4v) is 3.97. The summed E-state index contributed by atoms with van der Waals surface area (Å²) in [6, 6.07) is -0.470. The second kappa shape index (κ2) is 6.89. The van der Waals surface area contributed by atoms with Gasteiger partial charge in [0.1, 0.15) is 6.04 Å². The minimum atomic E-state index is -0.900. The Morgan fingerprint density at radius 1 is 1.36 bits per heavy atom. The first-order valence-electron chi connectivity index (χ1n) is 7.74. The van der Waals surface area contributed by atoms with E-state index in [2.05, 4.69) is 5.32 Å². The maximum absolute atomic E-state index is 12.5. The van der Waals surface area contributed by atoms with Crippen molar-refractivity contribution in [1.82, 2.24) is 10.2 Å². The zero-order chi connectivity index (χ0) is 16.3. The second-order valence-corrected chi connectivity index (χ2v) is 7.63. The van der Waals surface area contributed by atoms with Crippen molar-refractivity contribution in [3.05, 3.63) is 0 Å². The second-order valence-electron chi connectivity index (χ2n) is 6.63. The van der Waals surface area contributed by atoms with Crippen LogP contribution in [0.15, 0.2) is 0 Å². The standard InChI is InChI=1S/C15H24N2O4S/c1-10(2)7-16-13(19)11-8-22-9-17(11)12(18)6-15(14(20)21)4-3-5-15/h10-11H,3-9H2,1-2H3,(H,16,19)(H,20,21). The number of hydrogen-bond donors (Lipinski definition) is 2. The minimum absolute atomic E-state index is 0.0108. The predicted octanol–water partition coefficient (Wildman–Crippen LogP) is 1.31. The van der Waals surface area contributed by atoms with E-state index in [1.54, 1.807) is 4.90 Å². The Balaban J connectivity index is 1.96. The molecule has 22 heavy (non-hydrogen) atoms. The van der Waals surface area contributed by atoms with E-state index in [1.807, 2.05) is 13.8 Å². The van der Waals surface area contributed by atoms with Gasteiger partial charge in [0.2, 0.25) is 11.8 Å². The third-order valence-electron chi connectivity index (χ3n) is 4.44. The van der Waals surface area contributed by atoms with Crippen LogP contribution in [0.3, 0.4) is 0 Å². The lowest BCUT2D eigenvalue weighted by molar-refractivity contribution is -0.160. The van der Waals surface area contributed by atoms with Crippen molar-refractivity contribution in [3.8, 4) is 0 Å². The molecule has 2 aliphatic rings. The highest BCUT2D eigenvalue weighted by Gasteiger charge is 2.48. The van der Waals surface area contributed by atoms with Crippen LogP contribution >= 0.6 is 11.8 Å².